The van der Waals surface area contributed by atoms with Gasteiger partial charge in [-0.15, -0.1) is 0 Å². The fraction of sp³-hybridized carbons (Fsp3) is 0.647. The maximum atomic E-state index is 13.9. The van der Waals surface area contributed by atoms with Crippen molar-refractivity contribution in [2.45, 2.75) is 26.4 Å². The number of likely N-dealkylation sites (N-methyl/N-ethyl adjacent to an activating group) is 1. The average molecular weight is 407 g/mol. The highest BCUT2D eigenvalue weighted by atomic mass is 35.5. The molecule has 0 aliphatic carbocycles. The monoisotopic (exact) mass is 406 g/mol. The van der Waals surface area contributed by atoms with E-state index >= 15 is 0 Å². The summed E-state index contributed by atoms with van der Waals surface area (Å²) in [6.07, 6.45) is 0. The fourth-order valence-electron chi connectivity index (χ4n) is 2.98. The summed E-state index contributed by atoms with van der Waals surface area (Å²) in [6.45, 7) is 9.24. The highest BCUT2D eigenvalue weighted by molar-refractivity contribution is 7.87. The molecule has 148 valence electrons. The molecule has 0 bridgehead atoms. The molecule has 1 aromatic rings. The van der Waals surface area contributed by atoms with Gasteiger partial charge in [0.05, 0.1) is 0 Å². The molecule has 1 atom stereocenters. The minimum absolute atomic E-state index is 0.0919. The van der Waals surface area contributed by atoms with Crippen molar-refractivity contribution < 1.29 is 12.8 Å². The standard InChI is InChI=1S/C17H28ClFN4O2S/c1-4-22-8-10-23(11-9-22)14(2)12-20-26(24,25)21(3)13-15-16(18)6-5-7-17(15)19/h5-7,14,20H,4,8-13H2,1-3H3. The Kier molecular flexibility index (Phi) is 7.81. The van der Waals surface area contributed by atoms with Crippen LogP contribution < -0.4 is 4.72 Å². The van der Waals surface area contributed by atoms with Gasteiger partial charge in [-0.25, -0.2) is 9.11 Å². The number of rotatable bonds is 8. The smallest absolute Gasteiger partial charge is 0.279 e. The average Bonchev–Trinajstić information content (AvgIpc) is 2.62. The van der Waals surface area contributed by atoms with Crippen molar-refractivity contribution >= 4 is 21.8 Å². The maximum Gasteiger partial charge on any atom is 0.279 e. The normalized spacial score (nSPS) is 18.4. The second-order valence-electron chi connectivity index (χ2n) is 6.63. The summed E-state index contributed by atoms with van der Waals surface area (Å²) in [5.41, 5.74) is 0.172. The molecule has 0 radical (unpaired) electrons. The highest BCUT2D eigenvalue weighted by Crippen LogP contribution is 2.21. The first kappa shape index (κ1) is 21.5. The van der Waals surface area contributed by atoms with Gasteiger partial charge in [0.25, 0.3) is 10.2 Å². The van der Waals surface area contributed by atoms with E-state index < -0.39 is 16.0 Å². The van der Waals surface area contributed by atoms with Crippen LogP contribution in [0.15, 0.2) is 18.2 Å². The molecule has 1 fully saturated rings. The second kappa shape index (κ2) is 9.43. The first-order valence-electron chi connectivity index (χ1n) is 8.84. The third-order valence-corrected chi connectivity index (χ3v) is 6.73. The Labute approximate surface area is 161 Å². The summed E-state index contributed by atoms with van der Waals surface area (Å²) in [5.74, 6) is -0.512. The molecule has 1 aliphatic heterocycles. The minimum Gasteiger partial charge on any atom is -0.301 e. The van der Waals surface area contributed by atoms with Crippen molar-refractivity contribution in [3.05, 3.63) is 34.6 Å². The van der Waals surface area contributed by atoms with Crippen LogP contribution in [0.2, 0.25) is 5.02 Å². The van der Waals surface area contributed by atoms with Crippen LogP contribution in [0.3, 0.4) is 0 Å². The number of nitrogens with zero attached hydrogens (tertiary/aromatic N) is 3. The Hall–Kier alpha value is -0.770. The van der Waals surface area contributed by atoms with E-state index in [-0.39, 0.29) is 23.2 Å². The van der Waals surface area contributed by atoms with Crippen LogP contribution in [-0.4, -0.2) is 74.9 Å². The van der Waals surface area contributed by atoms with Gasteiger partial charge in [-0.2, -0.15) is 12.7 Å². The number of piperazine rings is 1. The third-order valence-electron chi connectivity index (χ3n) is 4.89. The fourth-order valence-corrected chi connectivity index (χ4v) is 4.17. The van der Waals surface area contributed by atoms with Crippen LogP contribution in [0.25, 0.3) is 0 Å². The lowest BCUT2D eigenvalue weighted by atomic mass is 10.2. The Morgan fingerprint density at radius 2 is 1.96 bits per heavy atom. The predicted octanol–water partition coefficient (Wildman–Crippen LogP) is 1.77. The molecule has 1 aliphatic rings. The summed E-state index contributed by atoms with van der Waals surface area (Å²) in [7, 11) is -2.31. The lowest BCUT2D eigenvalue weighted by Crippen LogP contribution is -2.53. The summed E-state index contributed by atoms with van der Waals surface area (Å²) in [5, 5.41) is 0.217. The zero-order valence-corrected chi connectivity index (χ0v) is 17.2. The van der Waals surface area contributed by atoms with E-state index in [4.69, 9.17) is 11.6 Å². The molecule has 26 heavy (non-hydrogen) atoms. The predicted molar refractivity (Wildman–Crippen MR) is 103 cm³/mol. The van der Waals surface area contributed by atoms with Crippen LogP contribution >= 0.6 is 11.6 Å². The molecule has 1 N–H and O–H groups in total. The van der Waals surface area contributed by atoms with Crippen molar-refractivity contribution in [1.29, 1.82) is 0 Å². The van der Waals surface area contributed by atoms with Crippen molar-refractivity contribution in [3.8, 4) is 0 Å². The van der Waals surface area contributed by atoms with Gasteiger partial charge in [0, 0.05) is 62.9 Å². The lowest BCUT2D eigenvalue weighted by Gasteiger charge is -2.37. The van der Waals surface area contributed by atoms with E-state index in [1.54, 1.807) is 6.07 Å². The van der Waals surface area contributed by atoms with Gasteiger partial charge in [0.2, 0.25) is 0 Å². The van der Waals surface area contributed by atoms with E-state index in [1.165, 1.54) is 19.2 Å². The van der Waals surface area contributed by atoms with Crippen molar-refractivity contribution in [2.24, 2.45) is 0 Å². The molecule has 1 unspecified atom stereocenters. The summed E-state index contributed by atoms with van der Waals surface area (Å²) in [4.78, 5) is 4.65. The zero-order valence-electron chi connectivity index (χ0n) is 15.6. The quantitative estimate of drug-likeness (QED) is 0.714. The molecular weight excluding hydrogens is 379 g/mol. The molecule has 2 rings (SSSR count). The minimum atomic E-state index is -3.72. The van der Waals surface area contributed by atoms with E-state index in [1.807, 2.05) is 6.92 Å². The van der Waals surface area contributed by atoms with E-state index in [0.29, 0.717) is 6.54 Å². The first-order valence-corrected chi connectivity index (χ1v) is 10.7. The maximum absolute atomic E-state index is 13.9. The largest absolute Gasteiger partial charge is 0.301 e. The van der Waals surface area contributed by atoms with Gasteiger partial charge in [0.15, 0.2) is 0 Å². The Morgan fingerprint density at radius 1 is 1.31 bits per heavy atom. The molecule has 1 saturated heterocycles. The number of hydrogen-bond donors (Lipinski definition) is 1. The first-order chi connectivity index (χ1) is 12.2. The van der Waals surface area contributed by atoms with Crippen LogP contribution in [0, 0.1) is 5.82 Å². The van der Waals surface area contributed by atoms with E-state index in [0.717, 1.165) is 37.0 Å². The lowest BCUT2D eigenvalue weighted by molar-refractivity contribution is 0.107. The SMILES string of the molecule is CCN1CCN(C(C)CNS(=O)(=O)N(C)Cc2c(F)cccc2Cl)CC1. The van der Waals surface area contributed by atoms with Gasteiger partial charge in [-0.3, -0.25) is 4.90 Å². The number of halogens is 2. The summed E-state index contributed by atoms with van der Waals surface area (Å²) in [6, 6.07) is 4.40. The molecule has 0 spiro atoms. The number of hydrogen-bond acceptors (Lipinski definition) is 4. The third kappa shape index (κ3) is 5.61. The zero-order chi connectivity index (χ0) is 19.3. The number of nitrogens with one attached hydrogen (secondary N) is 1. The van der Waals surface area contributed by atoms with Gasteiger partial charge < -0.3 is 4.90 Å². The number of benzene rings is 1. The Balaban J connectivity index is 1.89. The summed E-state index contributed by atoms with van der Waals surface area (Å²) >= 11 is 5.98. The van der Waals surface area contributed by atoms with Gasteiger partial charge in [-0.05, 0) is 25.6 Å². The van der Waals surface area contributed by atoms with E-state index in [9.17, 15) is 12.8 Å². The summed E-state index contributed by atoms with van der Waals surface area (Å²) < 4.78 is 42.5. The molecule has 0 aromatic heterocycles. The molecule has 0 amide bonds. The Morgan fingerprint density at radius 3 is 2.54 bits per heavy atom. The molecule has 9 heteroatoms. The van der Waals surface area contributed by atoms with Crippen molar-refractivity contribution in [1.82, 2.24) is 18.8 Å². The van der Waals surface area contributed by atoms with Crippen molar-refractivity contribution in [3.63, 3.8) is 0 Å². The topological polar surface area (TPSA) is 55.9 Å². The molecule has 1 aromatic carbocycles. The van der Waals surface area contributed by atoms with Gasteiger partial charge in [0.1, 0.15) is 5.82 Å². The molecule has 0 saturated carbocycles. The van der Waals surface area contributed by atoms with Gasteiger partial charge >= 0.3 is 0 Å². The van der Waals surface area contributed by atoms with E-state index in [2.05, 4.69) is 21.4 Å². The van der Waals surface area contributed by atoms with Crippen LogP contribution in [0.1, 0.15) is 19.4 Å². The molecule has 1 heterocycles. The van der Waals surface area contributed by atoms with Crippen LogP contribution in [-0.2, 0) is 16.8 Å². The van der Waals surface area contributed by atoms with Crippen molar-refractivity contribution in [2.75, 3.05) is 46.3 Å². The second-order valence-corrected chi connectivity index (χ2v) is 8.90. The van der Waals surface area contributed by atoms with Crippen LogP contribution in [0.4, 0.5) is 4.39 Å². The van der Waals surface area contributed by atoms with Gasteiger partial charge in [-0.1, -0.05) is 24.6 Å². The molecule has 6 nitrogen and oxygen atoms in total. The Bertz CT molecular complexity index is 676. The van der Waals surface area contributed by atoms with Crippen LogP contribution in [0.5, 0.6) is 0 Å². The molecular formula is C17H28ClFN4O2S. The highest BCUT2D eigenvalue weighted by Gasteiger charge is 2.24.